The Hall–Kier alpha value is -0.709. The van der Waals surface area contributed by atoms with Gasteiger partial charge in [-0.15, -0.1) is 46.8 Å². The van der Waals surface area contributed by atoms with E-state index in [4.69, 9.17) is 0 Å². The Balaban J connectivity index is 0.000000432. The van der Waals surface area contributed by atoms with E-state index >= 15 is 0 Å². The van der Waals surface area contributed by atoms with Crippen molar-refractivity contribution in [3.63, 3.8) is 0 Å². The quantitative estimate of drug-likeness (QED) is 0.381. The van der Waals surface area contributed by atoms with Gasteiger partial charge >= 0.3 is 96.4 Å². The Morgan fingerprint density at radius 2 is 1.04 bits per heavy atom. The zero-order valence-corrected chi connectivity index (χ0v) is 20.5. The third-order valence-corrected chi connectivity index (χ3v) is 7.82. The molecule has 0 N–H and O–H groups in total. The molecule has 0 spiro atoms. The Labute approximate surface area is 190 Å². The standard InChI is InChI=1S/C12H10Si.2C5H5.2BrH.Ti/c1-3-7-11(8-4-1)13-12-9-5-2-6-10-12;2*1-2-4-5-3-1;;;/h1-10H;2*1-3H,4H2;2*1H;/q;2*-1;;;+2. The van der Waals surface area contributed by atoms with E-state index in [0.717, 1.165) is 12.8 Å². The van der Waals surface area contributed by atoms with Gasteiger partial charge in [0.05, 0.1) is 0 Å². The first-order valence-electron chi connectivity index (χ1n) is 8.01. The van der Waals surface area contributed by atoms with Crippen LogP contribution in [-0.4, -0.2) is 6.19 Å². The van der Waals surface area contributed by atoms with E-state index in [1.807, 2.05) is 24.3 Å². The summed E-state index contributed by atoms with van der Waals surface area (Å²) in [5.74, 6) is 0. The van der Waals surface area contributed by atoms with E-state index in [2.05, 4.69) is 104 Å². The van der Waals surface area contributed by atoms with Crippen molar-refractivity contribution >= 4 is 50.5 Å². The monoisotopic (exact) mass is 520 g/mol. The van der Waals surface area contributed by atoms with Crippen molar-refractivity contribution in [1.29, 1.82) is 0 Å². The molecule has 0 saturated carbocycles. The summed E-state index contributed by atoms with van der Waals surface area (Å²) in [6.45, 7) is 0. The summed E-state index contributed by atoms with van der Waals surface area (Å²) < 4.78 is 0. The minimum absolute atomic E-state index is 0. The zero-order valence-electron chi connectivity index (χ0n) is 14.5. The van der Waals surface area contributed by atoms with Gasteiger partial charge in [0.1, 0.15) is 0 Å². The summed E-state index contributed by atoms with van der Waals surface area (Å²) in [6.07, 6.45) is 19.5. The van der Waals surface area contributed by atoms with Gasteiger partial charge in [0, 0.05) is 0 Å². The maximum atomic E-state index is 2.99. The first kappa shape index (κ1) is 25.3. The van der Waals surface area contributed by atoms with Crippen LogP contribution in [-0.2, 0) is 19.2 Å². The Morgan fingerprint density at radius 1 is 0.654 bits per heavy atom. The van der Waals surface area contributed by atoms with Crippen LogP contribution in [0.15, 0.2) is 97.1 Å². The van der Waals surface area contributed by atoms with Crippen molar-refractivity contribution in [2.45, 2.75) is 12.8 Å². The zero-order chi connectivity index (χ0) is 16.9. The molecule has 132 valence electrons. The van der Waals surface area contributed by atoms with E-state index < -0.39 is 6.19 Å². The normalized spacial score (nSPS) is 12.1. The van der Waals surface area contributed by atoms with Crippen LogP contribution < -0.4 is 10.4 Å². The van der Waals surface area contributed by atoms with Gasteiger partial charge in [-0.25, -0.2) is 24.3 Å². The van der Waals surface area contributed by atoms with Gasteiger partial charge in [-0.3, -0.25) is 12.2 Å². The fourth-order valence-corrected chi connectivity index (χ4v) is 5.00. The Bertz CT molecular complexity index is 652. The van der Waals surface area contributed by atoms with Crippen LogP contribution in [0, 0.1) is 12.2 Å². The minimum atomic E-state index is -0.545. The molecule has 0 atom stereocenters. The van der Waals surface area contributed by atoms with Crippen LogP contribution in [0.25, 0.3) is 0 Å². The molecule has 0 nitrogen and oxygen atoms in total. The second kappa shape index (κ2) is 16.5. The van der Waals surface area contributed by atoms with Crippen molar-refractivity contribution in [2.75, 3.05) is 0 Å². The summed E-state index contributed by atoms with van der Waals surface area (Å²) in [6, 6.07) is 21.5. The molecule has 0 amide bonds. The van der Waals surface area contributed by atoms with Crippen molar-refractivity contribution in [1.82, 2.24) is 0 Å². The molecule has 0 saturated heterocycles. The number of allylic oxidation sites excluding steroid dienone is 8. The van der Waals surface area contributed by atoms with Crippen LogP contribution in [0.5, 0.6) is 0 Å². The van der Waals surface area contributed by atoms with Gasteiger partial charge in [0.15, 0.2) is 0 Å². The average molecular weight is 522 g/mol. The molecule has 0 aromatic heterocycles. The van der Waals surface area contributed by atoms with Gasteiger partial charge in [-0.1, -0.05) is 0 Å². The van der Waals surface area contributed by atoms with E-state index in [1.54, 1.807) is 0 Å². The van der Waals surface area contributed by atoms with Crippen LogP contribution in [0.4, 0.5) is 0 Å². The van der Waals surface area contributed by atoms with Gasteiger partial charge < -0.3 is 0 Å². The Kier molecular flexibility index (Phi) is 16.0. The van der Waals surface area contributed by atoms with Crippen molar-refractivity contribution in [2.24, 2.45) is 0 Å². The molecule has 2 aliphatic rings. The number of rotatable bonds is 2. The van der Waals surface area contributed by atoms with Crippen LogP contribution >= 0.6 is 34.0 Å². The third-order valence-electron chi connectivity index (χ3n) is 3.30. The molecule has 0 bridgehead atoms. The molecule has 0 unspecified atom stereocenters. The van der Waals surface area contributed by atoms with Crippen LogP contribution in [0.1, 0.15) is 12.8 Å². The molecular formula is C22H22Br2SiTi. The molecule has 2 aliphatic carbocycles. The topological polar surface area (TPSA) is 0 Å². The Morgan fingerprint density at radius 3 is 1.27 bits per heavy atom. The fraction of sp³-hybridized carbons (Fsp3) is 0.0909. The van der Waals surface area contributed by atoms with Crippen LogP contribution in [0.3, 0.4) is 0 Å². The predicted molar refractivity (Wildman–Crippen MR) is 122 cm³/mol. The summed E-state index contributed by atoms with van der Waals surface area (Å²) in [7, 11) is 0. The average Bonchev–Trinajstić information content (AvgIpc) is 3.41. The van der Waals surface area contributed by atoms with Crippen molar-refractivity contribution < 1.29 is 19.2 Å². The second-order valence-corrected chi connectivity index (χ2v) is 9.36. The van der Waals surface area contributed by atoms with Gasteiger partial charge in [-0.2, -0.15) is 12.2 Å². The molecule has 0 radical (unpaired) electrons. The first-order valence-corrected chi connectivity index (χ1v) is 11.8. The first-order chi connectivity index (χ1) is 11.9. The molecule has 2 aromatic carbocycles. The number of hydrogen-bond donors (Lipinski definition) is 0. The van der Waals surface area contributed by atoms with E-state index in [1.165, 1.54) is 10.4 Å². The molecular weight excluding hydrogens is 500 g/mol. The van der Waals surface area contributed by atoms with Crippen LogP contribution in [0.2, 0.25) is 0 Å². The van der Waals surface area contributed by atoms with Gasteiger partial charge in [-0.05, 0) is 0 Å². The SMILES string of the molecule is Br.Br.[C-]1=CC=CC1.[C-]1=CC=CC1.[Ti+2]=[Si](c1ccccc1)c1ccccc1. The van der Waals surface area contributed by atoms with E-state index in [9.17, 15) is 0 Å². The second-order valence-electron chi connectivity index (χ2n) is 5.11. The van der Waals surface area contributed by atoms with Crippen molar-refractivity contribution in [3.05, 3.63) is 109 Å². The van der Waals surface area contributed by atoms with E-state index in [0.29, 0.717) is 0 Å². The summed E-state index contributed by atoms with van der Waals surface area (Å²) in [5, 5.41) is 2.95. The third kappa shape index (κ3) is 10.4. The number of hydrogen-bond acceptors (Lipinski definition) is 0. The van der Waals surface area contributed by atoms with Crippen molar-refractivity contribution in [3.8, 4) is 0 Å². The van der Waals surface area contributed by atoms with E-state index in [-0.39, 0.29) is 34.0 Å². The maximum absolute atomic E-state index is 2.99. The fourth-order valence-electron chi connectivity index (χ4n) is 2.06. The summed E-state index contributed by atoms with van der Waals surface area (Å²) in [4.78, 5) is 0. The molecule has 2 aromatic rings. The predicted octanol–water partition coefficient (Wildman–Crippen LogP) is 5.11. The van der Waals surface area contributed by atoms with Gasteiger partial charge in [0.25, 0.3) is 0 Å². The molecule has 4 rings (SSSR count). The van der Waals surface area contributed by atoms with Gasteiger partial charge in [0.2, 0.25) is 0 Å². The molecule has 26 heavy (non-hydrogen) atoms. The number of halogens is 2. The summed E-state index contributed by atoms with van der Waals surface area (Å²) >= 11 is 2.34. The molecule has 4 heteroatoms. The molecule has 0 aliphatic heterocycles. The number of benzene rings is 2. The summed E-state index contributed by atoms with van der Waals surface area (Å²) in [5.41, 5.74) is 0. The molecule has 0 heterocycles. The molecule has 0 fully saturated rings.